The highest BCUT2D eigenvalue weighted by Gasteiger charge is 2.48. The van der Waals surface area contributed by atoms with Crippen molar-refractivity contribution in [3.63, 3.8) is 0 Å². The van der Waals surface area contributed by atoms with Gasteiger partial charge in [0.1, 0.15) is 11.8 Å². The summed E-state index contributed by atoms with van der Waals surface area (Å²) in [6, 6.07) is 8.69. The van der Waals surface area contributed by atoms with Crippen molar-refractivity contribution in [2.45, 2.75) is 132 Å². The molecule has 0 saturated heterocycles. The predicted octanol–water partition coefficient (Wildman–Crippen LogP) is 6.05. The second-order valence-corrected chi connectivity index (χ2v) is 16.3. The number of hydrogen-bond acceptors (Lipinski definition) is 5. The molecule has 2 aliphatic heterocycles. The van der Waals surface area contributed by atoms with E-state index in [1.807, 2.05) is 52.0 Å². The van der Waals surface area contributed by atoms with Crippen LogP contribution in [0, 0.1) is 11.8 Å². The maximum absolute atomic E-state index is 14.4. The Morgan fingerprint density at radius 3 is 1.85 bits per heavy atom. The van der Waals surface area contributed by atoms with Crippen LogP contribution >= 0.6 is 0 Å². The first-order valence-corrected chi connectivity index (χ1v) is 17.6. The Kier molecular flexibility index (Phi) is 8.76. The van der Waals surface area contributed by atoms with Crippen LogP contribution in [-0.4, -0.2) is 46.9 Å². The number of carbonyl (C=O) groups excluding carboxylic acids is 3. The molecule has 0 saturated carbocycles. The minimum Gasteiger partial charge on any atom is -0.506 e. The molecule has 8 nitrogen and oxygen atoms in total. The Bertz CT molecular complexity index is 1890. The van der Waals surface area contributed by atoms with Gasteiger partial charge in [-0.2, -0.15) is 0 Å². The number of aliphatic hydroxyl groups excluding tert-OH is 1. The van der Waals surface area contributed by atoms with Gasteiger partial charge in [0.05, 0.1) is 27.9 Å². The largest absolute Gasteiger partial charge is 0.506 e. The van der Waals surface area contributed by atoms with E-state index in [1.54, 1.807) is 0 Å². The van der Waals surface area contributed by atoms with E-state index in [1.165, 1.54) is 0 Å². The molecule has 8 heteroatoms. The summed E-state index contributed by atoms with van der Waals surface area (Å²) < 4.78 is 2.36. The summed E-state index contributed by atoms with van der Waals surface area (Å²) in [5.41, 5.74) is 4.52. The van der Waals surface area contributed by atoms with E-state index < -0.39 is 0 Å². The molecule has 0 bridgehead atoms. The first-order chi connectivity index (χ1) is 22.1. The molecule has 2 atom stereocenters. The number of amides is 2. The van der Waals surface area contributed by atoms with E-state index in [2.05, 4.69) is 89.3 Å². The maximum atomic E-state index is 14.4. The fourth-order valence-corrected chi connectivity index (χ4v) is 7.73. The summed E-state index contributed by atoms with van der Waals surface area (Å²) in [5, 5.41) is 19.6. The number of allylic oxidation sites excluding steroid dienone is 2. The first kappa shape index (κ1) is 35.4. The van der Waals surface area contributed by atoms with Crippen molar-refractivity contribution in [2.24, 2.45) is 11.8 Å². The number of anilines is 3. The summed E-state index contributed by atoms with van der Waals surface area (Å²) in [4.78, 5) is 42.9. The Hall–Kier alpha value is -3.94. The van der Waals surface area contributed by atoms with Gasteiger partial charge in [0.15, 0.2) is 6.04 Å². The van der Waals surface area contributed by atoms with Gasteiger partial charge in [-0.05, 0) is 79.2 Å². The lowest BCUT2D eigenvalue weighted by molar-refractivity contribution is -0.119. The molecule has 2 aromatic carbocycles. The highest BCUT2D eigenvalue weighted by atomic mass is 16.3. The number of benzene rings is 2. The lowest BCUT2D eigenvalue weighted by Gasteiger charge is -2.34. The van der Waals surface area contributed by atoms with Gasteiger partial charge in [-0.25, -0.2) is 4.58 Å². The van der Waals surface area contributed by atoms with Gasteiger partial charge in [-0.3, -0.25) is 14.4 Å². The topological polar surface area (TPSA) is 102 Å². The smallest absolute Gasteiger partial charge is 0.226 e. The molecule has 2 heterocycles. The first-order valence-electron chi connectivity index (χ1n) is 17.6. The molecule has 1 aliphatic carbocycles. The number of rotatable bonds is 7. The van der Waals surface area contributed by atoms with E-state index >= 15 is 0 Å². The number of carbonyl (C=O) groups is 3. The average Bonchev–Trinajstić information content (AvgIpc) is 3.29. The quantitative estimate of drug-likeness (QED) is 0.315. The number of fused-ring (bicyclic) bond motifs is 2. The molecule has 0 fully saturated rings. The number of nitrogens with zero attached hydrogens (tertiary/aromatic N) is 2. The van der Waals surface area contributed by atoms with Gasteiger partial charge in [0.25, 0.3) is 0 Å². The van der Waals surface area contributed by atoms with Crippen molar-refractivity contribution in [3.8, 4) is 0 Å². The van der Waals surface area contributed by atoms with Gasteiger partial charge in [-0.1, -0.05) is 41.5 Å². The van der Waals surface area contributed by atoms with Crippen molar-refractivity contribution < 1.29 is 19.5 Å². The third kappa shape index (κ3) is 5.26. The van der Waals surface area contributed by atoms with Crippen LogP contribution in [0.5, 0.6) is 0 Å². The highest BCUT2D eigenvalue weighted by molar-refractivity contribution is 6.52. The monoisotopic (exact) mass is 655 g/mol. The van der Waals surface area contributed by atoms with E-state index in [-0.39, 0.29) is 81.3 Å². The van der Waals surface area contributed by atoms with Crippen LogP contribution in [0.3, 0.4) is 0 Å². The van der Waals surface area contributed by atoms with Gasteiger partial charge >= 0.3 is 0 Å². The van der Waals surface area contributed by atoms with Crippen LogP contribution in [0.15, 0.2) is 30.0 Å². The van der Waals surface area contributed by atoms with Gasteiger partial charge < -0.3 is 20.6 Å². The van der Waals surface area contributed by atoms with Crippen LogP contribution in [0.2, 0.25) is 0 Å². The molecule has 2 aromatic rings. The maximum Gasteiger partial charge on any atom is 0.226 e. The average molecular weight is 656 g/mol. The van der Waals surface area contributed by atoms with E-state index in [0.29, 0.717) is 22.2 Å². The van der Waals surface area contributed by atoms with E-state index in [4.69, 9.17) is 0 Å². The summed E-state index contributed by atoms with van der Waals surface area (Å²) >= 11 is 0. The van der Waals surface area contributed by atoms with Crippen LogP contribution in [-0.2, 0) is 25.2 Å². The molecule has 0 spiro atoms. The van der Waals surface area contributed by atoms with Gasteiger partial charge in [-0.15, -0.1) is 0 Å². The Labute approximate surface area is 286 Å². The van der Waals surface area contributed by atoms with Crippen LogP contribution < -0.4 is 30.7 Å². The third-order valence-corrected chi connectivity index (χ3v) is 11.3. The van der Waals surface area contributed by atoms with Crippen molar-refractivity contribution in [3.05, 3.63) is 57.3 Å². The fourth-order valence-electron chi connectivity index (χ4n) is 7.73. The van der Waals surface area contributed by atoms with Gasteiger partial charge in [0, 0.05) is 57.4 Å². The molecule has 3 aliphatic rings. The number of aliphatic hydroxyl groups is 1. The second-order valence-electron chi connectivity index (χ2n) is 16.3. The SMILES string of the molecule is CC(C)C(=O)Nc1cc2c(cc1C1=C(O)/C(=c3\cc4c(cc3NC(=O)C(C)C)=[N+](C(C)C)C(C)C4(C)C)C1=O)C(C)(C)C(C)N2C(C)C. The minimum absolute atomic E-state index is 0.130. The molecule has 0 aromatic heterocycles. The molecule has 48 heavy (non-hydrogen) atoms. The molecule has 5 rings (SSSR count). The molecule has 3 N–H and O–H groups in total. The lowest BCUT2D eigenvalue weighted by atomic mass is 9.76. The van der Waals surface area contributed by atoms with Crippen LogP contribution in [0.25, 0.3) is 11.1 Å². The van der Waals surface area contributed by atoms with E-state index in [0.717, 1.165) is 22.2 Å². The van der Waals surface area contributed by atoms with Crippen molar-refractivity contribution in [1.29, 1.82) is 0 Å². The van der Waals surface area contributed by atoms with Crippen molar-refractivity contribution in [1.82, 2.24) is 4.58 Å². The highest BCUT2D eigenvalue weighted by Crippen LogP contribution is 2.51. The van der Waals surface area contributed by atoms with Crippen molar-refractivity contribution >= 4 is 45.8 Å². The molecule has 258 valence electrons. The number of Topliss-reactive ketones (excluding diaryl/α,β-unsaturated/α-hetero) is 1. The Balaban J connectivity index is 1.82. The fraction of sp³-hybridized carbons (Fsp3) is 0.550. The normalized spacial score (nSPS) is 22.2. The standard InChI is InChI=1S/C40H54N4O4/c1-19(2)37(47)41-29-17-31-27(39(11,12)23(9)43(31)21(5)6)15-25(29)33-35(45)34(36(33)46)26-16-28-32(18-30(26)42-38(48)20(3)4)44(22(7)8)24(10)40(28,13)14/h15-24H,1-14H3,(H2,41,42,45,46,47,48)/p+1. The number of nitrogens with one attached hydrogen (secondary N) is 2. The molecule has 2 amide bonds. The number of ketones is 1. The molecule has 0 radical (unpaired) electrons. The van der Waals surface area contributed by atoms with Crippen LogP contribution in [0.4, 0.5) is 17.1 Å². The summed E-state index contributed by atoms with van der Waals surface area (Å²) in [6.07, 6.45) is 0. The zero-order valence-corrected chi connectivity index (χ0v) is 31.3. The Morgan fingerprint density at radius 1 is 0.792 bits per heavy atom. The van der Waals surface area contributed by atoms with E-state index in [9.17, 15) is 19.5 Å². The Morgan fingerprint density at radius 2 is 1.35 bits per heavy atom. The van der Waals surface area contributed by atoms with Gasteiger partial charge in [0.2, 0.25) is 23.0 Å². The molecular formula is C40H55N4O4+. The summed E-state index contributed by atoms with van der Waals surface area (Å²) in [5.74, 6) is -1.34. The number of hydrogen-bond donors (Lipinski definition) is 3. The molecule has 2 unspecified atom stereocenters. The lowest BCUT2D eigenvalue weighted by Crippen LogP contribution is -2.42. The predicted molar refractivity (Wildman–Crippen MR) is 196 cm³/mol. The summed E-state index contributed by atoms with van der Waals surface area (Å²) in [7, 11) is 0. The molecular weight excluding hydrogens is 600 g/mol. The zero-order valence-electron chi connectivity index (χ0n) is 31.3. The van der Waals surface area contributed by atoms with Crippen LogP contribution in [0.1, 0.15) is 114 Å². The third-order valence-electron chi connectivity index (χ3n) is 11.3. The minimum atomic E-state index is -0.318. The van der Waals surface area contributed by atoms with Crippen molar-refractivity contribution in [2.75, 3.05) is 15.5 Å². The summed E-state index contributed by atoms with van der Waals surface area (Å²) in [6.45, 7) is 29.1. The zero-order chi connectivity index (χ0) is 35.9. The second kappa shape index (κ2) is 11.9.